The van der Waals surface area contributed by atoms with Crippen LogP contribution in [-0.2, 0) is 4.84 Å². The van der Waals surface area contributed by atoms with Crippen molar-refractivity contribution in [1.29, 1.82) is 0 Å². The van der Waals surface area contributed by atoms with Crippen LogP contribution >= 0.6 is 0 Å². The maximum Gasteiger partial charge on any atom is 0.159 e. The largest absolute Gasteiger partial charge is 0.393 e. The molecule has 1 heterocycles. The number of aromatic nitrogens is 2. The molecule has 106 valence electrons. The lowest BCUT2D eigenvalue weighted by Crippen LogP contribution is -1.97. The molecule has 0 aliphatic carbocycles. The summed E-state index contributed by atoms with van der Waals surface area (Å²) in [5.74, 6) is 4.18. The molecule has 0 bridgehead atoms. The topological polar surface area (TPSA) is 93.6 Å². The molecule has 20 heavy (non-hydrogen) atoms. The average molecular weight is 274 g/mol. The van der Waals surface area contributed by atoms with Crippen LogP contribution < -0.4 is 5.90 Å². The highest BCUT2D eigenvalue weighted by molar-refractivity contribution is 5.88. The summed E-state index contributed by atoms with van der Waals surface area (Å²) in [5, 5.41) is 10.4. The summed E-state index contributed by atoms with van der Waals surface area (Å²) in [5.41, 5.74) is 1.87. The van der Waals surface area contributed by atoms with Crippen molar-refractivity contribution in [3.63, 3.8) is 0 Å². The van der Waals surface area contributed by atoms with Gasteiger partial charge in [-0.25, -0.2) is 15.9 Å². The van der Waals surface area contributed by atoms with Crippen LogP contribution in [0.4, 0.5) is 0 Å². The molecule has 0 amide bonds. The molecule has 0 atom stereocenters. The van der Waals surface area contributed by atoms with Crippen molar-refractivity contribution in [3.8, 4) is 11.4 Å². The molecule has 0 unspecified atom stereocenters. The Morgan fingerprint density at radius 1 is 1.15 bits per heavy atom. The molecule has 0 aliphatic heterocycles. The van der Waals surface area contributed by atoms with Gasteiger partial charge in [-0.15, -0.1) is 0 Å². The molecule has 0 saturated carbocycles. The number of nitrogens with zero attached hydrogens (tertiary/aromatic N) is 3. The fourth-order valence-corrected chi connectivity index (χ4v) is 1.46. The first-order chi connectivity index (χ1) is 9.77. The van der Waals surface area contributed by atoms with Crippen LogP contribution in [-0.4, -0.2) is 27.5 Å². The monoisotopic (exact) mass is 274 g/mol. The Kier molecular flexibility index (Phi) is 6.88. The van der Waals surface area contributed by atoms with E-state index in [1.54, 1.807) is 24.7 Å². The van der Waals surface area contributed by atoms with E-state index in [4.69, 9.17) is 10.0 Å². The number of oxime groups is 1. The minimum absolute atomic E-state index is 0.0707. The molecule has 0 aliphatic rings. The van der Waals surface area contributed by atoms with Crippen molar-refractivity contribution in [2.45, 2.75) is 20.0 Å². The molecule has 2 aromatic rings. The summed E-state index contributed by atoms with van der Waals surface area (Å²) in [6, 6.07) is 9.61. The number of rotatable bonds is 4. The molecule has 1 aromatic heterocycles. The molecule has 6 heteroatoms. The maximum atomic E-state index is 6.50. The molecule has 3 N–H and O–H groups in total. The Labute approximate surface area is 117 Å². The van der Waals surface area contributed by atoms with Crippen molar-refractivity contribution in [3.05, 3.63) is 48.3 Å². The third kappa shape index (κ3) is 4.75. The lowest BCUT2D eigenvalue weighted by molar-refractivity contribution is 0.0874. The van der Waals surface area contributed by atoms with Gasteiger partial charge in [-0.1, -0.05) is 29.4 Å². The first-order valence-electron chi connectivity index (χ1n) is 6.09. The lowest BCUT2D eigenvalue weighted by atomic mass is 10.1. The Morgan fingerprint density at radius 3 is 2.45 bits per heavy atom. The zero-order valence-electron chi connectivity index (χ0n) is 11.5. The average Bonchev–Trinajstić information content (AvgIpc) is 2.50. The van der Waals surface area contributed by atoms with E-state index in [1.807, 2.05) is 38.1 Å². The highest BCUT2D eigenvalue weighted by Crippen LogP contribution is 2.17. The highest BCUT2D eigenvalue weighted by atomic mass is 16.6. The molecule has 6 nitrogen and oxygen atoms in total. The standard InChI is InChI=1S/C14H15N3O.H3NO/c1-11(2)18-17-10-12-6-3-4-7-13(12)14-15-8-5-9-16-14;1-2/h3-11H,1-2H3;2H,1H2/b17-10+;. The van der Waals surface area contributed by atoms with E-state index in [9.17, 15) is 0 Å². The predicted molar refractivity (Wildman–Crippen MR) is 77.3 cm³/mol. The second kappa shape index (κ2) is 8.73. The van der Waals surface area contributed by atoms with E-state index >= 15 is 0 Å². The maximum absolute atomic E-state index is 6.50. The molecular weight excluding hydrogens is 256 g/mol. The van der Waals surface area contributed by atoms with Crippen LogP contribution in [0.5, 0.6) is 0 Å². The molecule has 0 radical (unpaired) electrons. The van der Waals surface area contributed by atoms with Gasteiger partial charge in [-0.3, -0.25) is 0 Å². The smallest absolute Gasteiger partial charge is 0.159 e. The van der Waals surface area contributed by atoms with Gasteiger partial charge in [0.25, 0.3) is 0 Å². The van der Waals surface area contributed by atoms with Crippen LogP contribution in [0.2, 0.25) is 0 Å². The molecule has 1 aromatic carbocycles. The van der Waals surface area contributed by atoms with Gasteiger partial charge in [0.15, 0.2) is 5.82 Å². The number of hydrogen-bond acceptors (Lipinski definition) is 6. The summed E-state index contributed by atoms with van der Waals surface area (Å²) in [4.78, 5) is 13.6. The second-order valence-electron chi connectivity index (χ2n) is 4.05. The fourth-order valence-electron chi connectivity index (χ4n) is 1.46. The lowest BCUT2D eigenvalue weighted by Gasteiger charge is -2.04. The second-order valence-corrected chi connectivity index (χ2v) is 4.05. The molecular formula is C14H18N4O2. The van der Waals surface area contributed by atoms with Crippen molar-refractivity contribution in [2.75, 3.05) is 0 Å². The Bertz CT molecular complexity index is 530. The van der Waals surface area contributed by atoms with Gasteiger partial charge in [0.05, 0.1) is 6.21 Å². The normalized spacial score (nSPS) is 10.2. The number of benzene rings is 1. The summed E-state index contributed by atoms with van der Waals surface area (Å²) < 4.78 is 0. The van der Waals surface area contributed by atoms with E-state index in [1.165, 1.54) is 0 Å². The van der Waals surface area contributed by atoms with E-state index < -0.39 is 0 Å². The molecule has 0 saturated heterocycles. The zero-order valence-corrected chi connectivity index (χ0v) is 11.5. The zero-order chi connectivity index (χ0) is 14.8. The van der Waals surface area contributed by atoms with Gasteiger partial charge in [0.2, 0.25) is 0 Å². The van der Waals surface area contributed by atoms with E-state index in [-0.39, 0.29) is 6.10 Å². The van der Waals surface area contributed by atoms with Crippen LogP contribution in [0, 0.1) is 0 Å². The van der Waals surface area contributed by atoms with Crippen LogP contribution in [0.25, 0.3) is 11.4 Å². The minimum atomic E-state index is 0.0707. The number of nitrogens with two attached hydrogens (primary N) is 1. The van der Waals surface area contributed by atoms with Gasteiger partial charge in [-0.2, -0.15) is 0 Å². The van der Waals surface area contributed by atoms with Crippen molar-refractivity contribution < 1.29 is 10.0 Å². The summed E-state index contributed by atoms with van der Waals surface area (Å²) in [6.07, 6.45) is 5.20. The van der Waals surface area contributed by atoms with Gasteiger partial charge >= 0.3 is 0 Å². The third-order valence-corrected chi connectivity index (χ3v) is 2.23. The van der Waals surface area contributed by atoms with Crippen LogP contribution in [0.1, 0.15) is 19.4 Å². The van der Waals surface area contributed by atoms with Gasteiger partial charge in [0.1, 0.15) is 6.10 Å². The van der Waals surface area contributed by atoms with Crippen LogP contribution in [0.15, 0.2) is 47.9 Å². The summed E-state index contributed by atoms with van der Waals surface area (Å²) in [7, 11) is 0. The van der Waals surface area contributed by atoms with E-state index in [2.05, 4.69) is 21.0 Å². The Balaban J connectivity index is 0.000000956. The van der Waals surface area contributed by atoms with Crippen molar-refractivity contribution in [1.82, 2.24) is 9.97 Å². The quantitative estimate of drug-likeness (QED) is 0.658. The minimum Gasteiger partial charge on any atom is -0.393 e. The van der Waals surface area contributed by atoms with Crippen LogP contribution in [0.3, 0.4) is 0 Å². The SMILES string of the molecule is CC(C)O/N=C/c1ccccc1-c1ncccn1.NO. The Hall–Kier alpha value is -2.31. The molecule has 0 fully saturated rings. The third-order valence-electron chi connectivity index (χ3n) is 2.23. The first kappa shape index (κ1) is 15.7. The van der Waals surface area contributed by atoms with Gasteiger partial charge in [-0.05, 0) is 19.9 Å². The number of hydrogen-bond donors (Lipinski definition) is 2. The Morgan fingerprint density at radius 2 is 1.80 bits per heavy atom. The van der Waals surface area contributed by atoms with E-state index in [0.717, 1.165) is 11.1 Å². The summed E-state index contributed by atoms with van der Waals surface area (Å²) >= 11 is 0. The highest BCUT2D eigenvalue weighted by Gasteiger charge is 2.04. The van der Waals surface area contributed by atoms with Crippen molar-refractivity contribution in [2.24, 2.45) is 11.1 Å². The fraction of sp³-hybridized carbons (Fsp3) is 0.214. The summed E-state index contributed by atoms with van der Waals surface area (Å²) in [6.45, 7) is 3.87. The van der Waals surface area contributed by atoms with Gasteiger partial charge < -0.3 is 10.0 Å². The molecule has 0 spiro atoms. The first-order valence-corrected chi connectivity index (χ1v) is 6.09. The predicted octanol–water partition coefficient (Wildman–Crippen LogP) is 2.24. The van der Waals surface area contributed by atoms with Crippen molar-refractivity contribution >= 4 is 6.21 Å². The van der Waals surface area contributed by atoms with E-state index in [0.29, 0.717) is 5.82 Å². The van der Waals surface area contributed by atoms with Gasteiger partial charge in [0, 0.05) is 23.5 Å². The molecule has 2 rings (SSSR count).